The van der Waals surface area contributed by atoms with Crippen LogP contribution in [0.15, 0.2) is 53.8 Å². The van der Waals surface area contributed by atoms with E-state index in [0.29, 0.717) is 5.69 Å². The van der Waals surface area contributed by atoms with Crippen LogP contribution in [0.2, 0.25) is 0 Å². The largest absolute Gasteiger partial charge is 0.468 e. The smallest absolute Gasteiger partial charge is 0.175 e. The van der Waals surface area contributed by atoms with Crippen molar-refractivity contribution in [3.8, 4) is 11.1 Å². The summed E-state index contributed by atoms with van der Waals surface area (Å²) in [6.07, 6.45) is 3.57. The molecule has 116 valence electrons. The van der Waals surface area contributed by atoms with E-state index in [1.807, 2.05) is 19.2 Å². The molecule has 0 saturated heterocycles. The number of H-pyrrole nitrogens is 1. The van der Waals surface area contributed by atoms with Gasteiger partial charge in [0.15, 0.2) is 5.78 Å². The number of aromatic nitrogens is 1. The van der Waals surface area contributed by atoms with E-state index in [0.717, 1.165) is 33.6 Å². The minimum atomic E-state index is 0.00623. The Kier molecular flexibility index (Phi) is 3.78. The number of rotatable bonds is 4. The van der Waals surface area contributed by atoms with Crippen molar-refractivity contribution in [3.63, 3.8) is 0 Å². The van der Waals surface area contributed by atoms with Gasteiger partial charge in [-0.05, 0) is 31.1 Å². The van der Waals surface area contributed by atoms with Gasteiger partial charge in [-0.1, -0.05) is 36.4 Å². The maximum atomic E-state index is 11.5. The third-order valence-electron chi connectivity index (χ3n) is 4.05. The molecular formula is C20H19NO2. The molecule has 1 aromatic carbocycles. The molecule has 0 spiro atoms. The fourth-order valence-corrected chi connectivity index (χ4v) is 2.69. The number of benzene rings is 1. The molecule has 0 fully saturated rings. The molecule has 0 amide bonds. The van der Waals surface area contributed by atoms with Crippen LogP contribution in [0.1, 0.15) is 39.9 Å². The van der Waals surface area contributed by atoms with Crippen LogP contribution in [-0.4, -0.2) is 10.8 Å². The van der Waals surface area contributed by atoms with Crippen molar-refractivity contribution in [1.82, 2.24) is 4.98 Å². The highest BCUT2D eigenvalue weighted by Crippen LogP contribution is 2.35. The predicted molar refractivity (Wildman–Crippen MR) is 92.6 cm³/mol. The summed E-state index contributed by atoms with van der Waals surface area (Å²) in [5.41, 5.74) is 6.61. The van der Waals surface area contributed by atoms with E-state index < -0.39 is 0 Å². The Balaban J connectivity index is 2.05. The maximum Gasteiger partial charge on any atom is 0.175 e. The summed E-state index contributed by atoms with van der Waals surface area (Å²) < 4.78 is 5.64. The van der Waals surface area contributed by atoms with Crippen LogP contribution in [0.5, 0.6) is 0 Å². The Morgan fingerprint density at radius 1 is 1.17 bits per heavy atom. The Morgan fingerprint density at radius 2 is 1.87 bits per heavy atom. The standard InChI is InChI=1S/C20H19NO2/c1-12-5-7-16(8-6-12)18-11-23-15(4)20(18)13(2)17-9-19(14(3)22)21-10-17/h5-11,21H,2H2,1,3-4H3. The SMILES string of the molecule is C=C(c1c[nH]c(C(C)=O)c1)c1c(-c2ccc(C)cc2)coc1C. The second kappa shape index (κ2) is 5.76. The molecule has 0 saturated carbocycles. The summed E-state index contributed by atoms with van der Waals surface area (Å²) in [4.78, 5) is 14.5. The zero-order chi connectivity index (χ0) is 16.6. The molecule has 23 heavy (non-hydrogen) atoms. The molecule has 3 rings (SSSR count). The first-order valence-electron chi connectivity index (χ1n) is 7.51. The molecule has 0 aliphatic rings. The van der Waals surface area contributed by atoms with Gasteiger partial charge in [0.25, 0.3) is 0 Å². The van der Waals surface area contributed by atoms with E-state index in [4.69, 9.17) is 4.42 Å². The van der Waals surface area contributed by atoms with E-state index >= 15 is 0 Å². The lowest BCUT2D eigenvalue weighted by Gasteiger charge is -2.07. The Bertz CT molecular complexity index is 879. The van der Waals surface area contributed by atoms with Crippen molar-refractivity contribution < 1.29 is 9.21 Å². The molecule has 0 aliphatic carbocycles. The number of nitrogens with one attached hydrogen (secondary N) is 1. The molecule has 0 aliphatic heterocycles. The fraction of sp³-hybridized carbons (Fsp3) is 0.150. The van der Waals surface area contributed by atoms with Crippen molar-refractivity contribution in [3.05, 3.63) is 77.5 Å². The van der Waals surface area contributed by atoms with Crippen LogP contribution < -0.4 is 0 Å². The molecule has 3 nitrogen and oxygen atoms in total. The quantitative estimate of drug-likeness (QED) is 0.677. The summed E-state index contributed by atoms with van der Waals surface area (Å²) in [6, 6.07) is 10.1. The van der Waals surface area contributed by atoms with Gasteiger partial charge in [0.05, 0.1) is 12.0 Å². The van der Waals surface area contributed by atoms with E-state index in [1.54, 1.807) is 13.2 Å². The number of hydrogen-bond acceptors (Lipinski definition) is 2. The van der Waals surface area contributed by atoms with Gasteiger partial charge < -0.3 is 9.40 Å². The first-order chi connectivity index (χ1) is 11.0. The number of hydrogen-bond donors (Lipinski definition) is 1. The first-order valence-corrected chi connectivity index (χ1v) is 7.51. The molecule has 0 bridgehead atoms. The van der Waals surface area contributed by atoms with Crippen molar-refractivity contribution in [1.29, 1.82) is 0 Å². The van der Waals surface area contributed by atoms with Gasteiger partial charge in [-0.3, -0.25) is 4.79 Å². The minimum Gasteiger partial charge on any atom is -0.468 e. The average Bonchev–Trinajstić information content (AvgIpc) is 3.14. The van der Waals surface area contributed by atoms with Crippen LogP contribution in [0, 0.1) is 13.8 Å². The van der Waals surface area contributed by atoms with E-state index in [2.05, 4.69) is 42.8 Å². The lowest BCUT2D eigenvalue weighted by Crippen LogP contribution is -1.90. The van der Waals surface area contributed by atoms with Gasteiger partial charge in [-0.15, -0.1) is 0 Å². The average molecular weight is 305 g/mol. The van der Waals surface area contributed by atoms with Crippen LogP contribution in [0.3, 0.4) is 0 Å². The second-order valence-electron chi connectivity index (χ2n) is 5.78. The topological polar surface area (TPSA) is 46.0 Å². The molecule has 0 unspecified atom stereocenters. The molecule has 2 heterocycles. The van der Waals surface area contributed by atoms with Crippen LogP contribution >= 0.6 is 0 Å². The summed E-state index contributed by atoms with van der Waals surface area (Å²) >= 11 is 0. The Labute approximate surface area is 135 Å². The normalized spacial score (nSPS) is 10.7. The van der Waals surface area contributed by atoms with Gasteiger partial charge in [0.2, 0.25) is 0 Å². The molecular weight excluding hydrogens is 286 g/mol. The summed E-state index contributed by atoms with van der Waals surface area (Å²) in [7, 11) is 0. The van der Waals surface area contributed by atoms with Crippen LogP contribution in [0.25, 0.3) is 16.7 Å². The number of aryl methyl sites for hydroxylation is 2. The molecule has 3 heteroatoms. The van der Waals surface area contributed by atoms with Crippen molar-refractivity contribution in [2.75, 3.05) is 0 Å². The van der Waals surface area contributed by atoms with Crippen molar-refractivity contribution >= 4 is 11.4 Å². The molecule has 0 atom stereocenters. The summed E-state index contributed by atoms with van der Waals surface area (Å²) in [5.74, 6) is 0.822. The third kappa shape index (κ3) is 2.78. The number of furan rings is 1. The zero-order valence-corrected chi connectivity index (χ0v) is 13.6. The number of carbonyl (C=O) groups is 1. The summed E-state index contributed by atoms with van der Waals surface area (Å²) in [6.45, 7) is 9.74. The summed E-state index contributed by atoms with van der Waals surface area (Å²) in [5, 5.41) is 0. The number of aromatic amines is 1. The first kappa shape index (κ1) is 15.1. The third-order valence-corrected chi connectivity index (χ3v) is 4.05. The highest BCUT2D eigenvalue weighted by atomic mass is 16.3. The molecule has 1 N–H and O–H groups in total. The second-order valence-corrected chi connectivity index (χ2v) is 5.78. The van der Waals surface area contributed by atoms with Crippen molar-refractivity contribution in [2.24, 2.45) is 0 Å². The zero-order valence-electron chi connectivity index (χ0n) is 13.6. The van der Waals surface area contributed by atoms with Gasteiger partial charge in [-0.25, -0.2) is 0 Å². The highest BCUT2D eigenvalue weighted by Gasteiger charge is 2.17. The number of carbonyl (C=O) groups excluding carboxylic acids is 1. The minimum absolute atomic E-state index is 0.00623. The maximum absolute atomic E-state index is 11.5. The van der Waals surface area contributed by atoms with Gasteiger partial charge >= 0.3 is 0 Å². The van der Waals surface area contributed by atoms with Gasteiger partial charge in [-0.2, -0.15) is 0 Å². The van der Waals surface area contributed by atoms with Crippen LogP contribution in [0.4, 0.5) is 0 Å². The molecule has 0 radical (unpaired) electrons. The molecule has 2 aromatic heterocycles. The fourth-order valence-electron chi connectivity index (χ4n) is 2.69. The van der Waals surface area contributed by atoms with E-state index in [9.17, 15) is 4.79 Å². The van der Waals surface area contributed by atoms with Gasteiger partial charge in [0, 0.05) is 29.8 Å². The lowest BCUT2D eigenvalue weighted by molar-refractivity contribution is 0.101. The van der Waals surface area contributed by atoms with E-state index in [-0.39, 0.29) is 5.78 Å². The Hall–Kier alpha value is -2.81. The number of ketones is 1. The van der Waals surface area contributed by atoms with Crippen LogP contribution in [-0.2, 0) is 0 Å². The highest BCUT2D eigenvalue weighted by molar-refractivity contribution is 5.95. The van der Waals surface area contributed by atoms with Gasteiger partial charge in [0.1, 0.15) is 5.76 Å². The Morgan fingerprint density at radius 3 is 2.48 bits per heavy atom. The predicted octanol–water partition coefficient (Wildman–Crippen LogP) is 5.16. The van der Waals surface area contributed by atoms with Crippen molar-refractivity contribution in [2.45, 2.75) is 20.8 Å². The molecule has 3 aromatic rings. The monoisotopic (exact) mass is 305 g/mol. The lowest BCUT2D eigenvalue weighted by atomic mass is 9.94. The van der Waals surface area contributed by atoms with E-state index in [1.165, 1.54) is 5.56 Å². The number of Topliss-reactive ketones (excluding diaryl/α,β-unsaturated/α-hetero) is 1.